The normalized spacial score (nSPS) is 10.9. The number of hydrogen-bond acceptors (Lipinski definition) is 4. The Labute approximate surface area is 197 Å². The summed E-state index contributed by atoms with van der Waals surface area (Å²) < 4.78 is 19.8. The van der Waals surface area contributed by atoms with Gasteiger partial charge in [0.1, 0.15) is 5.82 Å². The monoisotopic (exact) mass is 459 g/mol. The van der Waals surface area contributed by atoms with Crippen LogP contribution in [0.5, 0.6) is 0 Å². The number of aromatic nitrogens is 2. The van der Waals surface area contributed by atoms with Crippen molar-refractivity contribution < 1.29 is 13.9 Å². The Morgan fingerprint density at radius 1 is 0.971 bits per heavy atom. The molecule has 4 rings (SSSR count). The van der Waals surface area contributed by atoms with Crippen molar-refractivity contribution in [1.29, 1.82) is 0 Å². The minimum Gasteiger partial charge on any atom is -0.450 e. The molecule has 0 aliphatic rings. The lowest BCUT2D eigenvalue weighted by Gasteiger charge is -2.12. The summed E-state index contributed by atoms with van der Waals surface area (Å²) in [6.07, 6.45) is 1.37. The number of nitrogens with one attached hydrogen (secondary N) is 1. The number of benzene rings is 3. The summed E-state index contributed by atoms with van der Waals surface area (Å²) in [7, 11) is 0. The number of fused-ring (bicyclic) bond motifs is 1. The average Bonchev–Trinajstić information content (AvgIpc) is 2.86. The lowest BCUT2D eigenvalue weighted by atomic mass is 10.0. The van der Waals surface area contributed by atoms with Gasteiger partial charge in [-0.15, -0.1) is 0 Å². The smallest absolute Gasteiger partial charge is 0.407 e. The minimum absolute atomic E-state index is 0.203. The number of hydrogen-bond donors (Lipinski definition) is 1. The van der Waals surface area contributed by atoms with Crippen LogP contribution in [-0.2, 0) is 17.8 Å². The third-order valence-corrected chi connectivity index (χ3v) is 5.51. The molecule has 0 saturated carbocycles. The highest BCUT2D eigenvalue weighted by Crippen LogP contribution is 2.25. The summed E-state index contributed by atoms with van der Waals surface area (Å²) >= 11 is 0. The second-order valence-electron chi connectivity index (χ2n) is 8.02. The molecular weight excluding hydrogens is 433 g/mol. The number of carbonyl (C=O) groups excluding carboxylic acids is 1. The van der Waals surface area contributed by atoms with Crippen LogP contribution in [0.25, 0.3) is 22.0 Å². The van der Waals surface area contributed by atoms with E-state index in [0.29, 0.717) is 24.2 Å². The van der Waals surface area contributed by atoms with Gasteiger partial charge in [-0.1, -0.05) is 67.9 Å². The fourth-order valence-electron chi connectivity index (χ4n) is 3.63. The third-order valence-electron chi connectivity index (χ3n) is 5.51. The maximum absolute atomic E-state index is 13.3. The molecule has 0 spiro atoms. The van der Waals surface area contributed by atoms with Gasteiger partial charge < -0.3 is 10.1 Å². The van der Waals surface area contributed by atoms with Gasteiger partial charge in [0, 0.05) is 17.5 Å². The molecule has 1 amide bonds. The highest BCUT2D eigenvalue weighted by atomic mass is 19.1. The maximum atomic E-state index is 13.3. The van der Waals surface area contributed by atoms with Gasteiger partial charge in [0.25, 0.3) is 5.56 Å². The molecule has 34 heavy (non-hydrogen) atoms. The number of alkyl carbamates (subject to hydrolysis) is 1. The summed E-state index contributed by atoms with van der Waals surface area (Å²) in [4.78, 5) is 24.8. The van der Waals surface area contributed by atoms with E-state index >= 15 is 0 Å². The van der Waals surface area contributed by atoms with Crippen LogP contribution >= 0.6 is 0 Å². The molecule has 174 valence electrons. The van der Waals surface area contributed by atoms with Gasteiger partial charge in [-0.25, -0.2) is 13.9 Å². The van der Waals surface area contributed by atoms with Crippen LogP contribution in [0.4, 0.5) is 9.18 Å². The van der Waals surface area contributed by atoms with Crippen LogP contribution < -0.4 is 10.9 Å². The summed E-state index contributed by atoms with van der Waals surface area (Å²) in [5.41, 5.74) is 3.02. The van der Waals surface area contributed by atoms with Crippen molar-refractivity contribution in [2.24, 2.45) is 0 Å². The van der Waals surface area contributed by atoms with Gasteiger partial charge in [-0.3, -0.25) is 4.79 Å². The van der Waals surface area contributed by atoms with Crippen molar-refractivity contribution in [2.45, 2.75) is 32.9 Å². The lowest BCUT2D eigenvalue weighted by molar-refractivity contribution is 0.144. The zero-order chi connectivity index (χ0) is 23.9. The number of nitrogens with zero attached hydrogens (tertiary/aromatic N) is 2. The van der Waals surface area contributed by atoms with Gasteiger partial charge in [0.2, 0.25) is 0 Å². The summed E-state index contributed by atoms with van der Waals surface area (Å²) in [6.45, 7) is 3.03. The Morgan fingerprint density at radius 2 is 1.65 bits per heavy atom. The fraction of sp³-hybridized carbons (Fsp3) is 0.222. The molecule has 0 unspecified atom stereocenters. The van der Waals surface area contributed by atoms with Gasteiger partial charge in [-0.2, -0.15) is 5.10 Å². The molecule has 1 heterocycles. The van der Waals surface area contributed by atoms with Crippen LogP contribution in [0.1, 0.15) is 30.9 Å². The van der Waals surface area contributed by atoms with E-state index < -0.39 is 6.09 Å². The summed E-state index contributed by atoms with van der Waals surface area (Å²) in [5, 5.41) is 8.72. The van der Waals surface area contributed by atoms with E-state index in [1.165, 1.54) is 16.8 Å². The highest BCUT2D eigenvalue weighted by molar-refractivity contribution is 5.93. The second-order valence-corrected chi connectivity index (χ2v) is 8.02. The van der Waals surface area contributed by atoms with Crippen molar-refractivity contribution in [3.8, 4) is 11.3 Å². The first-order chi connectivity index (χ1) is 16.5. The van der Waals surface area contributed by atoms with Crippen molar-refractivity contribution in [2.75, 3.05) is 6.61 Å². The van der Waals surface area contributed by atoms with E-state index in [1.54, 1.807) is 18.2 Å². The Balaban J connectivity index is 1.59. The number of carbonyl (C=O) groups is 1. The molecule has 0 aliphatic heterocycles. The van der Waals surface area contributed by atoms with E-state index in [4.69, 9.17) is 4.74 Å². The molecule has 0 saturated heterocycles. The summed E-state index contributed by atoms with van der Waals surface area (Å²) in [6, 6.07) is 21.0. The Kier molecular flexibility index (Phi) is 7.32. The number of amides is 1. The van der Waals surface area contributed by atoms with Crippen molar-refractivity contribution in [3.05, 3.63) is 100 Å². The van der Waals surface area contributed by atoms with E-state index in [2.05, 4.69) is 10.4 Å². The standard InChI is InChI=1S/C27H26FN3O3/c1-2-3-16-34-27(33)29-17-19-8-12-21(13-9-19)25-23-6-4-5-7-24(23)26(32)31(30-25)18-20-10-14-22(28)15-11-20/h4-15H,2-3,16-18H2,1H3,(H,29,33). The van der Waals surface area contributed by atoms with Crippen LogP contribution in [0, 0.1) is 5.82 Å². The molecule has 6 nitrogen and oxygen atoms in total. The third kappa shape index (κ3) is 5.49. The molecule has 1 aromatic heterocycles. The first-order valence-corrected chi connectivity index (χ1v) is 11.3. The van der Waals surface area contributed by atoms with Gasteiger partial charge >= 0.3 is 6.09 Å². The molecule has 0 aliphatic carbocycles. The number of rotatable bonds is 8. The van der Waals surface area contributed by atoms with Crippen LogP contribution in [0.15, 0.2) is 77.6 Å². The van der Waals surface area contributed by atoms with Crippen LogP contribution in [0.3, 0.4) is 0 Å². The largest absolute Gasteiger partial charge is 0.450 e. The van der Waals surface area contributed by atoms with Crippen molar-refractivity contribution in [1.82, 2.24) is 15.1 Å². The van der Waals surface area contributed by atoms with E-state index in [-0.39, 0.29) is 17.9 Å². The first kappa shape index (κ1) is 23.2. The predicted molar refractivity (Wildman–Crippen MR) is 130 cm³/mol. The maximum Gasteiger partial charge on any atom is 0.407 e. The quantitative estimate of drug-likeness (QED) is 0.364. The predicted octanol–water partition coefficient (Wildman–Crippen LogP) is 5.28. The molecular formula is C27H26FN3O3. The van der Waals surface area contributed by atoms with E-state index in [1.807, 2.05) is 49.4 Å². The lowest BCUT2D eigenvalue weighted by Crippen LogP contribution is -2.24. The van der Waals surface area contributed by atoms with Crippen LogP contribution in [-0.4, -0.2) is 22.5 Å². The Hall–Kier alpha value is -4.00. The molecule has 4 aromatic rings. The van der Waals surface area contributed by atoms with E-state index in [9.17, 15) is 14.0 Å². The zero-order valence-corrected chi connectivity index (χ0v) is 19.0. The SMILES string of the molecule is CCCCOC(=O)NCc1ccc(-c2nn(Cc3ccc(F)cc3)c(=O)c3ccccc23)cc1. The molecule has 7 heteroatoms. The Morgan fingerprint density at radius 3 is 2.35 bits per heavy atom. The number of ether oxygens (including phenoxy) is 1. The Bertz CT molecular complexity index is 1330. The molecule has 0 atom stereocenters. The second kappa shape index (κ2) is 10.7. The summed E-state index contributed by atoms with van der Waals surface area (Å²) in [5.74, 6) is -0.327. The van der Waals surface area contributed by atoms with Gasteiger partial charge in [0.15, 0.2) is 0 Å². The van der Waals surface area contributed by atoms with Crippen molar-refractivity contribution in [3.63, 3.8) is 0 Å². The molecule has 0 bridgehead atoms. The number of halogens is 1. The minimum atomic E-state index is -0.432. The molecule has 0 radical (unpaired) electrons. The van der Waals surface area contributed by atoms with Crippen molar-refractivity contribution >= 4 is 16.9 Å². The number of unbranched alkanes of at least 4 members (excludes halogenated alkanes) is 1. The van der Waals surface area contributed by atoms with Gasteiger partial charge in [-0.05, 0) is 35.7 Å². The molecule has 0 fully saturated rings. The first-order valence-electron chi connectivity index (χ1n) is 11.3. The topological polar surface area (TPSA) is 73.2 Å². The van der Waals surface area contributed by atoms with Crippen LogP contribution in [0.2, 0.25) is 0 Å². The van der Waals surface area contributed by atoms with Gasteiger partial charge in [0.05, 0.1) is 24.2 Å². The highest BCUT2D eigenvalue weighted by Gasteiger charge is 2.13. The van der Waals surface area contributed by atoms with E-state index in [0.717, 1.165) is 34.9 Å². The molecule has 3 aromatic carbocycles. The fourth-order valence-corrected chi connectivity index (χ4v) is 3.63. The molecule has 1 N–H and O–H groups in total. The average molecular weight is 460 g/mol. The zero-order valence-electron chi connectivity index (χ0n) is 19.0.